The van der Waals surface area contributed by atoms with Crippen LogP contribution in [0.15, 0.2) is 61.4 Å². The first-order chi connectivity index (χ1) is 16.1. The minimum Gasteiger partial charge on any atom is -0.349 e. The fourth-order valence-corrected chi connectivity index (χ4v) is 4.48. The van der Waals surface area contributed by atoms with Crippen LogP contribution in [0.1, 0.15) is 24.4 Å². The van der Waals surface area contributed by atoms with Gasteiger partial charge in [-0.2, -0.15) is 15.3 Å². The summed E-state index contributed by atoms with van der Waals surface area (Å²) in [5.41, 5.74) is 3.60. The molecule has 6 rings (SSSR count). The van der Waals surface area contributed by atoms with E-state index in [4.69, 9.17) is 4.98 Å². The van der Waals surface area contributed by atoms with Crippen molar-refractivity contribution >= 4 is 11.5 Å². The Hall–Kier alpha value is -4.08. The van der Waals surface area contributed by atoms with Gasteiger partial charge < -0.3 is 4.90 Å². The van der Waals surface area contributed by atoms with E-state index in [2.05, 4.69) is 15.3 Å². The summed E-state index contributed by atoms with van der Waals surface area (Å²) in [4.78, 5) is 6.87. The number of benzene rings is 1. The van der Waals surface area contributed by atoms with Crippen molar-refractivity contribution in [1.82, 2.24) is 34.2 Å². The normalized spacial score (nSPS) is 16.2. The van der Waals surface area contributed by atoms with Gasteiger partial charge in [-0.3, -0.25) is 4.68 Å². The van der Waals surface area contributed by atoms with E-state index in [1.807, 2.05) is 36.6 Å². The van der Waals surface area contributed by atoms with Crippen LogP contribution in [0.4, 0.5) is 14.6 Å². The number of aryl methyl sites for hydroxylation is 1. The Kier molecular flexibility index (Phi) is 4.46. The average Bonchev–Trinajstić information content (AvgIpc) is 3.60. The molecule has 0 saturated carbocycles. The zero-order chi connectivity index (χ0) is 22.5. The molecular formula is C23H20F2N8. The van der Waals surface area contributed by atoms with Crippen molar-refractivity contribution in [3.8, 4) is 16.8 Å². The fourth-order valence-electron chi connectivity index (χ4n) is 4.48. The maximum atomic E-state index is 14.5. The summed E-state index contributed by atoms with van der Waals surface area (Å²) >= 11 is 0. The lowest BCUT2D eigenvalue weighted by molar-refractivity contribution is 0.560. The summed E-state index contributed by atoms with van der Waals surface area (Å²) in [5, 5.41) is 13.1. The van der Waals surface area contributed by atoms with Crippen LogP contribution in [-0.2, 0) is 7.05 Å². The fraction of sp³-hybridized carbons (Fsp3) is 0.217. The lowest BCUT2D eigenvalue weighted by Crippen LogP contribution is -2.24. The first kappa shape index (κ1) is 19.6. The van der Waals surface area contributed by atoms with E-state index in [1.165, 1.54) is 12.1 Å². The van der Waals surface area contributed by atoms with Crippen molar-refractivity contribution in [3.05, 3.63) is 78.6 Å². The zero-order valence-electron chi connectivity index (χ0n) is 17.8. The number of fused-ring (bicyclic) bond motifs is 1. The van der Waals surface area contributed by atoms with E-state index >= 15 is 0 Å². The Morgan fingerprint density at radius 2 is 1.82 bits per heavy atom. The lowest BCUT2D eigenvalue weighted by Gasteiger charge is -2.26. The van der Waals surface area contributed by atoms with Crippen molar-refractivity contribution in [3.63, 3.8) is 0 Å². The maximum Gasteiger partial charge on any atom is 0.183 e. The number of halogens is 2. The van der Waals surface area contributed by atoms with E-state index in [9.17, 15) is 8.78 Å². The molecule has 8 nitrogen and oxygen atoms in total. The highest BCUT2D eigenvalue weighted by atomic mass is 19.1. The highest BCUT2D eigenvalue weighted by molar-refractivity contribution is 5.64. The number of rotatable bonds is 4. The highest BCUT2D eigenvalue weighted by Gasteiger charge is 2.30. The maximum absolute atomic E-state index is 14.5. The van der Waals surface area contributed by atoms with Gasteiger partial charge in [-0.25, -0.2) is 23.0 Å². The van der Waals surface area contributed by atoms with Gasteiger partial charge in [0.15, 0.2) is 5.65 Å². The second kappa shape index (κ2) is 7.51. The van der Waals surface area contributed by atoms with Gasteiger partial charge in [0, 0.05) is 48.9 Å². The van der Waals surface area contributed by atoms with Gasteiger partial charge in [-0.05, 0) is 37.1 Å². The molecule has 1 atom stereocenters. The summed E-state index contributed by atoms with van der Waals surface area (Å²) in [5.74, 6) is -0.156. The smallest absolute Gasteiger partial charge is 0.183 e. The molecule has 0 unspecified atom stereocenters. The molecule has 4 aromatic heterocycles. The van der Waals surface area contributed by atoms with Crippen LogP contribution < -0.4 is 4.90 Å². The van der Waals surface area contributed by atoms with Crippen LogP contribution in [0.3, 0.4) is 0 Å². The standard InChI is InChI=1S/C23H20F2N8/c1-30-13-15(10-26-30)16-11-27-33(14-16)21-12-28-32-8-6-22(29-23(21)32)31-7-2-3-20(31)18-9-17(24)4-5-19(18)25/h4-6,8-14,20H,2-3,7H2,1H3/t20-/m0/s1. The average molecular weight is 446 g/mol. The Morgan fingerprint density at radius 3 is 2.67 bits per heavy atom. The van der Waals surface area contributed by atoms with E-state index < -0.39 is 11.6 Å². The van der Waals surface area contributed by atoms with Crippen molar-refractivity contribution in [2.24, 2.45) is 7.05 Å². The van der Waals surface area contributed by atoms with Crippen molar-refractivity contribution in [2.45, 2.75) is 18.9 Å². The molecule has 166 valence electrons. The molecule has 10 heteroatoms. The molecule has 33 heavy (non-hydrogen) atoms. The van der Waals surface area contributed by atoms with Crippen LogP contribution in [0.25, 0.3) is 22.5 Å². The Morgan fingerprint density at radius 1 is 0.970 bits per heavy atom. The largest absolute Gasteiger partial charge is 0.349 e. The molecule has 1 saturated heterocycles. The van der Waals surface area contributed by atoms with E-state index in [-0.39, 0.29) is 6.04 Å². The summed E-state index contributed by atoms with van der Waals surface area (Å²) in [6.07, 6.45) is 12.5. The number of hydrogen-bond donors (Lipinski definition) is 0. The second-order valence-corrected chi connectivity index (χ2v) is 8.18. The molecule has 1 aliphatic heterocycles. The third kappa shape index (κ3) is 3.34. The topological polar surface area (TPSA) is 69.1 Å². The molecule has 0 spiro atoms. The first-order valence-corrected chi connectivity index (χ1v) is 10.7. The number of nitrogens with zero attached hydrogens (tertiary/aromatic N) is 8. The molecule has 0 N–H and O–H groups in total. The molecule has 0 aliphatic carbocycles. The molecule has 5 heterocycles. The quantitative estimate of drug-likeness (QED) is 0.418. The number of aromatic nitrogens is 7. The van der Waals surface area contributed by atoms with Crippen LogP contribution in [0.2, 0.25) is 0 Å². The molecule has 1 fully saturated rings. The van der Waals surface area contributed by atoms with Crippen molar-refractivity contribution in [1.29, 1.82) is 0 Å². The minimum atomic E-state index is -0.442. The van der Waals surface area contributed by atoms with E-state index in [0.29, 0.717) is 23.6 Å². The number of anilines is 1. The zero-order valence-corrected chi connectivity index (χ0v) is 17.8. The molecule has 5 aromatic rings. The predicted octanol–water partition coefficient (Wildman–Crippen LogP) is 3.94. The van der Waals surface area contributed by atoms with Crippen molar-refractivity contribution in [2.75, 3.05) is 11.4 Å². The summed E-state index contributed by atoms with van der Waals surface area (Å²) in [6, 6.07) is 5.19. The summed E-state index contributed by atoms with van der Waals surface area (Å²) in [6.45, 7) is 0.709. The minimum absolute atomic E-state index is 0.274. The van der Waals surface area contributed by atoms with Crippen LogP contribution >= 0.6 is 0 Å². The van der Waals surface area contributed by atoms with Crippen LogP contribution in [0.5, 0.6) is 0 Å². The summed E-state index contributed by atoms with van der Waals surface area (Å²) < 4.78 is 33.5. The van der Waals surface area contributed by atoms with Crippen molar-refractivity contribution < 1.29 is 8.78 Å². The Balaban J connectivity index is 1.38. The first-order valence-electron chi connectivity index (χ1n) is 10.7. The van der Waals surface area contributed by atoms with Crippen LogP contribution in [-0.4, -0.2) is 40.7 Å². The molecule has 1 aliphatic rings. The Labute approximate surface area is 187 Å². The Bertz CT molecular complexity index is 1470. The lowest BCUT2D eigenvalue weighted by atomic mass is 10.0. The van der Waals surface area contributed by atoms with Gasteiger partial charge in [-0.15, -0.1) is 0 Å². The highest BCUT2D eigenvalue weighted by Crippen LogP contribution is 2.37. The van der Waals surface area contributed by atoms with Gasteiger partial charge in [0.25, 0.3) is 0 Å². The van der Waals surface area contributed by atoms with Gasteiger partial charge in [0.1, 0.15) is 23.1 Å². The third-order valence-corrected chi connectivity index (χ3v) is 6.07. The molecule has 0 amide bonds. The van der Waals surface area contributed by atoms with E-state index in [0.717, 1.165) is 35.7 Å². The monoisotopic (exact) mass is 446 g/mol. The SMILES string of the molecule is Cn1cc(-c2cnn(-c3cnn4ccc(N5CCC[C@H]5c5cc(F)ccc5F)nc34)c2)cn1. The van der Waals surface area contributed by atoms with E-state index in [1.54, 1.807) is 32.5 Å². The van der Waals surface area contributed by atoms with Crippen LogP contribution in [0, 0.1) is 11.6 Å². The molecule has 0 bridgehead atoms. The number of hydrogen-bond acceptors (Lipinski definition) is 5. The predicted molar refractivity (Wildman–Crippen MR) is 118 cm³/mol. The van der Waals surface area contributed by atoms with Gasteiger partial charge >= 0.3 is 0 Å². The molecule has 0 radical (unpaired) electrons. The van der Waals surface area contributed by atoms with Gasteiger partial charge in [0.2, 0.25) is 0 Å². The van der Waals surface area contributed by atoms with Gasteiger partial charge in [0.05, 0.1) is 24.6 Å². The summed E-state index contributed by atoms with van der Waals surface area (Å²) in [7, 11) is 1.87. The molecular weight excluding hydrogens is 426 g/mol. The molecule has 1 aromatic carbocycles. The van der Waals surface area contributed by atoms with Gasteiger partial charge in [-0.1, -0.05) is 0 Å². The third-order valence-electron chi connectivity index (χ3n) is 6.07. The second-order valence-electron chi connectivity index (χ2n) is 8.18.